The smallest absolute Gasteiger partial charge is 0.352 e. The van der Waals surface area contributed by atoms with Gasteiger partial charge in [0.25, 0.3) is 5.91 Å². The lowest BCUT2D eigenvalue weighted by Crippen LogP contribution is -2.47. The topological polar surface area (TPSA) is 74.2 Å². The predicted octanol–water partition coefficient (Wildman–Crippen LogP) is 2.14. The minimum atomic E-state index is -4.52. The molecule has 156 valence electrons. The van der Waals surface area contributed by atoms with E-state index >= 15 is 0 Å². The van der Waals surface area contributed by atoms with Crippen LogP contribution in [0, 0.1) is 6.92 Å². The van der Waals surface area contributed by atoms with Crippen molar-refractivity contribution < 1.29 is 18.0 Å². The number of piperazine rings is 1. The first-order valence-corrected chi connectivity index (χ1v) is 9.42. The summed E-state index contributed by atoms with van der Waals surface area (Å²) >= 11 is 0. The van der Waals surface area contributed by atoms with Crippen LogP contribution >= 0.6 is 0 Å². The number of amides is 1. The van der Waals surface area contributed by atoms with Crippen LogP contribution in [0.4, 0.5) is 19.1 Å². The van der Waals surface area contributed by atoms with E-state index in [1.54, 1.807) is 18.5 Å². The number of alkyl halides is 3. The zero-order valence-corrected chi connectivity index (χ0v) is 16.1. The number of carbonyl (C=O) groups excluding carboxylic acids is 1. The lowest BCUT2D eigenvalue weighted by Gasteiger charge is -2.34. The molecule has 0 aromatic carbocycles. The second-order valence-electron chi connectivity index (χ2n) is 6.81. The quantitative estimate of drug-likeness (QED) is 0.739. The van der Waals surface area contributed by atoms with Crippen molar-refractivity contribution in [1.82, 2.24) is 25.2 Å². The lowest BCUT2D eigenvalue weighted by molar-refractivity contribution is -0.141. The zero-order valence-electron chi connectivity index (χ0n) is 16.1. The maximum atomic E-state index is 12.7. The number of pyridine rings is 1. The van der Waals surface area contributed by atoms with Gasteiger partial charge in [-0.2, -0.15) is 13.2 Å². The van der Waals surface area contributed by atoms with Crippen molar-refractivity contribution in [1.29, 1.82) is 0 Å². The highest BCUT2D eigenvalue weighted by molar-refractivity contribution is 5.95. The average Bonchev–Trinajstić information content (AvgIpc) is 2.71. The van der Waals surface area contributed by atoms with E-state index in [-0.39, 0.29) is 11.3 Å². The van der Waals surface area contributed by atoms with Crippen molar-refractivity contribution in [2.75, 3.05) is 44.2 Å². The molecule has 1 aliphatic rings. The summed E-state index contributed by atoms with van der Waals surface area (Å²) in [5, 5.41) is 2.75. The molecule has 1 aliphatic heterocycles. The monoisotopic (exact) mass is 408 g/mol. The Balaban J connectivity index is 1.39. The molecule has 0 bridgehead atoms. The normalized spacial score (nSPS) is 15.4. The van der Waals surface area contributed by atoms with Gasteiger partial charge < -0.3 is 10.2 Å². The minimum Gasteiger partial charge on any atom is -0.352 e. The Labute approximate surface area is 167 Å². The molecular formula is C19H23F3N6O. The fourth-order valence-electron chi connectivity index (χ4n) is 3.18. The molecule has 0 saturated carbocycles. The summed E-state index contributed by atoms with van der Waals surface area (Å²) in [6.07, 6.45) is -0.312. The van der Waals surface area contributed by atoms with Gasteiger partial charge in [-0.3, -0.25) is 9.69 Å². The summed E-state index contributed by atoms with van der Waals surface area (Å²) in [6.45, 7) is 6.12. The second kappa shape index (κ2) is 9.17. The molecule has 0 spiro atoms. The Morgan fingerprint density at radius 2 is 1.83 bits per heavy atom. The van der Waals surface area contributed by atoms with Gasteiger partial charge in [0.2, 0.25) is 5.95 Å². The number of aryl methyl sites for hydroxylation is 1. The molecule has 0 aliphatic carbocycles. The molecule has 7 nitrogen and oxygen atoms in total. The van der Waals surface area contributed by atoms with Gasteiger partial charge in [-0.25, -0.2) is 15.0 Å². The molecule has 3 heterocycles. The van der Waals surface area contributed by atoms with Crippen LogP contribution in [0.15, 0.2) is 30.6 Å². The number of hydrogen-bond acceptors (Lipinski definition) is 6. The van der Waals surface area contributed by atoms with Gasteiger partial charge in [-0.05, 0) is 38.1 Å². The van der Waals surface area contributed by atoms with Gasteiger partial charge in [0.05, 0.1) is 11.3 Å². The molecular weight excluding hydrogens is 385 g/mol. The standard InChI is InChI=1S/C19H23F3N6O/c1-14-15(4-5-16(26-14)19(20,21)22)17(29)23-8-3-9-27-10-12-28(13-11-27)18-24-6-2-7-25-18/h2,4-7H,3,8-13H2,1H3,(H,23,29). The van der Waals surface area contributed by atoms with Crippen LogP contribution in [-0.4, -0.2) is 65.0 Å². The SMILES string of the molecule is Cc1nc(C(F)(F)F)ccc1C(=O)NCCCN1CCN(c2ncccn2)CC1. The second-order valence-corrected chi connectivity index (χ2v) is 6.81. The van der Waals surface area contributed by atoms with Crippen molar-refractivity contribution in [3.8, 4) is 0 Å². The summed E-state index contributed by atoms with van der Waals surface area (Å²) in [4.78, 5) is 28.7. The molecule has 29 heavy (non-hydrogen) atoms. The Morgan fingerprint density at radius 3 is 2.45 bits per heavy atom. The number of halogens is 3. The first kappa shape index (κ1) is 21.0. The number of rotatable bonds is 6. The van der Waals surface area contributed by atoms with E-state index in [4.69, 9.17) is 0 Å². The van der Waals surface area contributed by atoms with Crippen molar-refractivity contribution in [3.63, 3.8) is 0 Å². The maximum Gasteiger partial charge on any atom is 0.433 e. The van der Waals surface area contributed by atoms with Crippen LogP contribution < -0.4 is 10.2 Å². The molecule has 1 N–H and O–H groups in total. The summed E-state index contributed by atoms with van der Waals surface area (Å²) in [6, 6.07) is 3.79. The first-order valence-electron chi connectivity index (χ1n) is 9.42. The molecule has 3 rings (SSSR count). The van der Waals surface area contributed by atoms with Gasteiger partial charge in [0.1, 0.15) is 5.69 Å². The van der Waals surface area contributed by atoms with E-state index in [2.05, 4.69) is 30.1 Å². The molecule has 10 heteroatoms. The van der Waals surface area contributed by atoms with E-state index in [0.717, 1.165) is 51.2 Å². The highest BCUT2D eigenvalue weighted by atomic mass is 19.4. The fraction of sp³-hybridized carbons (Fsp3) is 0.474. The summed E-state index contributed by atoms with van der Waals surface area (Å²) in [5.41, 5.74) is -0.766. The van der Waals surface area contributed by atoms with Crippen molar-refractivity contribution >= 4 is 11.9 Å². The molecule has 1 saturated heterocycles. The molecule has 2 aromatic heterocycles. The van der Waals surface area contributed by atoms with E-state index < -0.39 is 17.8 Å². The van der Waals surface area contributed by atoms with Crippen molar-refractivity contribution in [3.05, 3.63) is 47.5 Å². The van der Waals surface area contributed by atoms with E-state index in [9.17, 15) is 18.0 Å². The molecule has 1 fully saturated rings. The Kier molecular flexibility index (Phi) is 6.63. The van der Waals surface area contributed by atoms with Gasteiger partial charge in [0, 0.05) is 45.1 Å². The third-order valence-corrected chi connectivity index (χ3v) is 4.76. The van der Waals surface area contributed by atoms with Crippen molar-refractivity contribution in [2.45, 2.75) is 19.5 Å². The molecule has 2 aromatic rings. The van der Waals surface area contributed by atoms with Crippen LogP contribution in [0.1, 0.15) is 28.2 Å². The Morgan fingerprint density at radius 1 is 1.14 bits per heavy atom. The average molecular weight is 408 g/mol. The molecule has 0 atom stereocenters. The van der Waals surface area contributed by atoms with E-state index in [0.29, 0.717) is 6.54 Å². The van der Waals surface area contributed by atoms with E-state index in [1.165, 1.54) is 13.0 Å². The largest absolute Gasteiger partial charge is 0.433 e. The number of hydrogen-bond donors (Lipinski definition) is 1. The van der Waals surface area contributed by atoms with Crippen molar-refractivity contribution in [2.24, 2.45) is 0 Å². The van der Waals surface area contributed by atoms with Crippen LogP contribution in [0.2, 0.25) is 0 Å². The van der Waals surface area contributed by atoms with Crippen LogP contribution in [0.3, 0.4) is 0 Å². The Bertz CT molecular complexity index is 822. The third kappa shape index (κ3) is 5.63. The molecule has 0 radical (unpaired) electrons. The van der Waals surface area contributed by atoms with Gasteiger partial charge in [-0.1, -0.05) is 0 Å². The summed E-state index contributed by atoms with van der Waals surface area (Å²) < 4.78 is 38.0. The minimum absolute atomic E-state index is 0.0663. The third-order valence-electron chi connectivity index (χ3n) is 4.76. The van der Waals surface area contributed by atoms with Gasteiger partial charge in [-0.15, -0.1) is 0 Å². The molecule has 1 amide bonds. The number of nitrogens with one attached hydrogen (secondary N) is 1. The molecule has 0 unspecified atom stereocenters. The predicted molar refractivity (Wildman–Crippen MR) is 102 cm³/mol. The first-order chi connectivity index (χ1) is 13.8. The van der Waals surface area contributed by atoms with Gasteiger partial charge in [0.15, 0.2) is 0 Å². The number of nitrogens with zero attached hydrogens (tertiary/aromatic N) is 5. The van der Waals surface area contributed by atoms with Gasteiger partial charge >= 0.3 is 6.18 Å². The number of carbonyl (C=O) groups is 1. The fourth-order valence-corrected chi connectivity index (χ4v) is 3.18. The number of aromatic nitrogens is 3. The highest BCUT2D eigenvalue weighted by Gasteiger charge is 2.33. The Hall–Kier alpha value is -2.75. The van der Waals surface area contributed by atoms with Crippen LogP contribution in [0.5, 0.6) is 0 Å². The zero-order chi connectivity index (χ0) is 20.9. The highest BCUT2D eigenvalue weighted by Crippen LogP contribution is 2.28. The maximum absolute atomic E-state index is 12.7. The van der Waals surface area contributed by atoms with Crippen LogP contribution in [-0.2, 0) is 6.18 Å². The van der Waals surface area contributed by atoms with Crippen LogP contribution in [0.25, 0.3) is 0 Å². The summed E-state index contributed by atoms with van der Waals surface area (Å²) in [5.74, 6) is 0.328. The van der Waals surface area contributed by atoms with E-state index in [1.807, 2.05) is 0 Å². The lowest BCUT2D eigenvalue weighted by atomic mass is 10.1. The summed E-state index contributed by atoms with van der Waals surface area (Å²) in [7, 11) is 0. The number of anilines is 1.